The van der Waals surface area contributed by atoms with E-state index in [1.165, 1.54) is 13.4 Å². The number of aryl methyl sites for hydroxylation is 1. The van der Waals surface area contributed by atoms with Crippen LogP contribution in [0.5, 0.6) is 11.5 Å². The van der Waals surface area contributed by atoms with Crippen LogP contribution in [-0.4, -0.2) is 13.0 Å². The monoisotopic (exact) mass is 341 g/mol. The number of hydrogen-bond donors (Lipinski definition) is 1. The summed E-state index contributed by atoms with van der Waals surface area (Å²) in [6.07, 6.45) is 4.91. The number of ether oxygens (including phenoxy) is 2. The molecule has 24 heavy (non-hydrogen) atoms. The van der Waals surface area contributed by atoms with E-state index in [1.807, 2.05) is 25.1 Å². The van der Waals surface area contributed by atoms with E-state index < -0.39 is 0 Å². The van der Waals surface area contributed by atoms with E-state index in [2.05, 4.69) is 5.32 Å². The third-order valence-corrected chi connectivity index (χ3v) is 3.83. The van der Waals surface area contributed by atoms with Crippen LogP contribution in [0.3, 0.4) is 0 Å². The minimum Gasteiger partial charge on any atom is -0.495 e. The highest BCUT2D eigenvalue weighted by atomic mass is 35.5. The Labute approximate surface area is 145 Å². The Balaban J connectivity index is 1.90. The Morgan fingerprint density at radius 2 is 2.04 bits per heavy atom. The first kappa shape index (κ1) is 16.1. The van der Waals surface area contributed by atoms with E-state index in [0.29, 0.717) is 22.0 Å². The van der Waals surface area contributed by atoms with Crippen molar-refractivity contribution in [3.63, 3.8) is 0 Å². The van der Waals surface area contributed by atoms with Crippen molar-refractivity contribution in [2.45, 2.75) is 6.92 Å². The Morgan fingerprint density at radius 1 is 1.21 bits per heavy atom. The zero-order valence-electron chi connectivity index (χ0n) is 13.3. The molecule has 0 saturated carbocycles. The van der Waals surface area contributed by atoms with Crippen LogP contribution < -0.4 is 14.8 Å². The van der Waals surface area contributed by atoms with E-state index in [4.69, 9.17) is 21.1 Å². The van der Waals surface area contributed by atoms with Crippen molar-refractivity contribution < 1.29 is 14.3 Å². The van der Waals surface area contributed by atoms with Crippen molar-refractivity contribution >= 4 is 29.3 Å². The molecule has 0 aliphatic carbocycles. The lowest BCUT2D eigenvalue weighted by atomic mass is 10.1. The fourth-order valence-electron chi connectivity index (χ4n) is 2.37. The van der Waals surface area contributed by atoms with E-state index in [9.17, 15) is 4.79 Å². The average Bonchev–Trinajstić information content (AvgIpc) is 2.77. The molecule has 4 nitrogen and oxygen atoms in total. The molecule has 5 heteroatoms. The summed E-state index contributed by atoms with van der Waals surface area (Å²) >= 11 is 6.00. The lowest BCUT2D eigenvalue weighted by Crippen LogP contribution is -2.13. The highest BCUT2D eigenvalue weighted by Gasteiger charge is 2.14. The van der Waals surface area contributed by atoms with E-state index in [1.54, 1.807) is 30.4 Å². The summed E-state index contributed by atoms with van der Waals surface area (Å²) in [5.74, 6) is 0.983. The lowest BCUT2D eigenvalue weighted by Gasteiger charge is -2.10. The van der Waals surface area contributed by atoms with Gasteiger partial charge in [0.15, 0.2) is 0 Å². The molecule has 2 aromatic rings. The molecule has 1 heterocycles. The molecule has 0 radical (unpaired) electrons. The van der Waals surface area contributed by atoms with Gasteiger partial charge in [-0.2, -0.15) is 0 Å². The number of nitrogens with one attached hydrogen (secondary N) is 1. The van der Waals surface area contributed by atoms with E-state index in [0.717, 1.165) is 16.9 Å². The third-order valence-electron chi connectivity index (χ3n) is 3.59. The van der Waals surface area contributed by atoms with Gasteiger partial charge in [0.25, 0.3) is 5.91 Å². The van der Waals surface area contributed by atoms with Gasteiger partial charge in [-0.15, -0.1) is 0 Å². The SMILES string of the molecule is COc1ccc(Cl)cc1NC(=O)C1=Cc2ccc(C)cc2OC=C1. The van der Waals surface area contributed by atoms with Crippen LogP contribution in [-0.2, 0) is 4.79 Å². The largest absolute Gasteiger partial charge is 0.495 e. The van der Waals surface area contributed by atoms with Gasteiger partial charge in [-0.3, -0.25) is 4.79 Å². The van der Waals surface area contributed by atoms with Gasteiger partial charge in [0.1, 0.15) is 11.5 Å². The van der Waals surface area contributed by atoms with Crippen molar-refractivity contribution in [3.05, 3.63) is 70.5 Å². The van der Waals surface area contributed by atoms with Gasteiger partial charge in [-0.05, 0) is 48.9 Å². The minimum absolute atomic E-state index is 0.274. The van der Waals surface area contributed by atoms with E-state index in [-0.39, 0.29) is 5.91 Å². The molecule has 122 valence electrons. The fraction of sp³-hybridized carbons (Fsp3) is 0.105. The maximum Gasteiger partial charge on any atom is 0.255 e. The van der Waals surface area contributed by atoms with Gasteiger partial charge in [0.2, 0.25) is 0 Å². The Morgan fingerprint density at radius 3 is 2.83 bits per heavy atom. The van der Waals surface area contributed by atoms with Crippen molar-refractivity contribution in [1.29, 1.82) is 0 Å². The second-order valence-electron chi connectivity index (χ2n) is 5.36. The fourth-order valence-corrected chi connectivity index (χ4v) is 2.54. The number of methoxy groups -OCH3 is 1. The van der Waals surface area contributed by atoms with Gasteiger partial charge in [0.05, 0.1) is 19.1 Å². The molecule has 0 bridgehead atoms. The van der Waals surface area contributed by atoms with Crippen LogP contribution in [0, 0.1) is 6.92 Å². The summed E-state index contributed by atoms with van der Waals surface area (Å²) in [6.45, 7) is 1.99. The number of fused-ring (bicyclic) bond motifs is 1. The summed E-state index contributed by atoms with van der Waals surface area (Å²) in [6, 6.07) is 10.9. The zero-order chi connectivity index (χ0) is 17.1. The number of carbonyl (C=O) groups excluding carboxylic acids is 1. The second kappa shape index (κ2) is 6.81. The molecule has 0 saturated heterocycles. The van der Waals surface area contributed by atoms with Gasteiger partial charge in [0, 0.05) is 16.2 Å². The van der Waals surface area contributed by atoms with E-state index >= 15 is 0 Å². The molecular formula is C19H16ClNO3. The smallest absolute Gasteiger partial charge is 0.255 e. The topological polar surface area (TPSA) is 47.6 Å². The molecule has 0 aromatic heterocycles. The van der Waals surface area contributed by atoms with Gasteiger partial charge < -0.3 is 14.8 Å². The number of anilines is 1. The quantitative estimate of drug-likeness (QED) is 0.888. The van der Waals surface area contributed by atoms with Crippen LogP contribution in [0.1, 0.15) is 11.1 Å². The second-order valence-corrected chi connectivity index (χ2v) is 5.80. The number of benzene rings is 2. The molecular weight excluding hydrogens is 326 g/mol. The summed E-state index contributed by atoms with van der Waals surface area (Å²) in [5.41, 5.74) is 2.92. The Bertz CT molecular complexity index is 856. The summed E-state index contributed by atoms with van der Waals surface area (Å²) in [7, 11) is 1.54. The van der Waals surface area contributed by atoms with Crippen LogP contribution in [0.4, 0.5) is 5.69 Å². The Kier molecular flexibility index (Phi) is 4.58. The standard InChI is InChI=1S/C19H16ClNO3/c1-12-3-4-13-10-14(7-8-24-18(13)9-12)19(22)21-16-11-15(20)5-6-17(16)23-2/h3-11H,1-2H3,(H,21,22). The maximum atomic E-state index is 12.6. The predicted molar refractivity (Wildman–Crippen MR) is 95.6 cm³/mol. The normalized spacial score (nSPS) is 12.5. The van der Waals surface area contributed by atoms with Crippen LogP contribution in [0.25, 0.3) is 6.08 Å². The molecule has 0 spiro atoms. The zero-order valence-corrected chi connectivity index (χ0v) is 14.1. The lowest BCUT2D eigenvalue weighted by molar-refractivity contribution is -0.112. The Hall–Kier alpha value is -2.72. The van der Waals surface area contributed by atoms with Gasteiger partial charge >= 0.3 is 0 Å². The van der Waals surface area contributed by atoms with Crippen molar-refractivity contribution in [3.8, 4) is 11.5 Å². The molecule has 0 atom stereocenters. The van der Waals surface area contributed by atoms with Crippen LogP contribution in [0.2, 0.25) is 5.02 Å². The maximum absolute atomic E-state index is 12.6. The number of hydrogen-bond acceptors (Lipinski definition) is 3. The van der Waals surface area contributed by atoms with Crippen LogP contribution >= 0.6 is 11.6 Å². The number of carbonyl (C=O) groups is 1. The average molecular weight is 342 g/mol. The molecule has 2 aromatic carbocycles. The van der Waals surface area contributed by atoms with Crippen LogP contribution in [0.15, 0.2) is 54.3 Å². The molecule has 0 unspecified atom stereocenters. The van der Waals surface area contributed by atoms with Gasteiger partial charge in [-0.1, -0.05) is 23.7 Å². The highest BCUT2D eigenvalue weighted by molar-refractivity contribution is 6.31. The summed E-state index contributed by atoms with van der Waals surface area (Å²) in [4.78, 5) is 12.6. The molecule has 1 aliphatic rings. The highest BCUT2D eigenvalue weighted by Crippen LogP contribution is 2.30. The minimum atomic E-state index is -0.274. The predicted octanol–water partition coefficient (Wildman–Crippen LogP) is 4.59. The molecule has 1 amide bonds. The number of amides is 1. The first-order chi connectivity index (χ1) is 11.6. The molecule has 1 N–H and O–H groups in total. The van der Waals surface area contributed by atoms with Crippen molar-refractivity contribution in [2.75, 3.05) is 12.4 Å². The number of rotatable bonds is 3. The van der Waals surface area contributed by atoms with Crippen molar-refractivity contribution in [1.82, 2.24) is 0 Å². The molecule has 0 fully saturated rings. The summed E-state index contributed by atoms with van der Waals surface area (Å²) < 4.78 is 10.8. The summed E-state index contributed by atoms with van der Waals surface area (Å²) in [5, 5.41) is 3.33. The number of halogens is 1. The van der Waals surface area contributed by atoms with Gasteiger partial charge in [-0.25, -0.2) is 0 Å². The first-order valence-electron chi connectivity index (χ1n) is 7.37. The van der Waals surface area contributed by atoms with Crippen molar-refractivity contribution in [2.24, 2.45) is 0 Å². The molecule has 1 aliphatic heterocycles. The first-order valence-corrected chi connectivity index (χ1v) is 7.75. The third kappa shape index (κ3) is 3.44. The molecule has 3 rings (SSSR count).